The van der Waals surface area contributed by atoms with Gasteiger partial charge in [-0.25, -0.2) is 0 Å². The van der Waals surface area contributed by atoms with Crippen molar-refractivity contribution in [2.75, 3.05) is 0 Å². The van der Waals surface area contributed by atoms with Gasteiger partial charge in [0.15, 0.2) is 0 Å². The number of carboxylic acid groups (broad SMARTS) is 1. The molecule has 0 aliphatic rings. The van der Waals surface area contributed by atoms with Crippen molar-refractivity contribution in [3.63, 3.8) is 0 Å². The van der Waals surface area contributed by atoms with E-state index in [2.05, 4.69) is 0 Å². The number of hydrogen-bond acceptors (Lipinski definition) is 3. The molecule has 0 heterocycles. The minimum absolute atomic E-state index is 0. The number of aliphatic carboxylic acids is 1. The third-order valence-corrected chi connectivity index (χ3v) is 0.341. The molecule has 1 N–H and O–H groups in total. The van der Waals surface area contributed by atoms with Crippen LogP contribution in [0.25, 0.3) is 0 Å². The fourth-order valence-corrected chi connectivity index (χ4v) is 0. The van der Waals surface area contributed by atoms with Crippen LogP contribution in [0.2, 0.25) is 0 Å². The number of carbonyl (C=O) groups excluding carboxylic acids is 1. The Morgan fingerprint density at radius 3 is 1.88 bits per heavy atom. The average Bonchev–Trinajstić information content (AvgIpc) is 1.36. The van der Waals surface area contributed by atoms with E-state index in [1.165, 1.54) is 0 Å². The predicted octanol–water partition coefficient (Wildman–Crippen LogP) is -4.88. The summed E-state index contributed by atoms with van der Waals surface area (Å²) in [6.07, 6.45) is -1.34. The maximum Gasteiger partial charge on any atom is 4.00 e. The van der Waals surface area contributed by atoms with E-state index >= 15 is 0 Å². The zero-order chi connectivity index (χ0) is 5.15. The molecule has 0 spiro atoms. The second-order valence-electron chi connectivity index (χ2n) is 0.995. The number of aliphatic hydroxyl groups excluding tert-OH is 1. The maximum atomic E-state index is 9.34. The third-order valence-electron chi connectivity index (χ3n) is 0.341. The molecule has 8 heavy (non-hydrogen) atoms. The van der Waals surface area contributed by atoms with Gasteiger partial charge in [-0.15, -0.1) is 0 Å². The molecular formula is C3H5NaO3Zr+4. The zero-order valence-electron chi connectivity index (χ0n) is 4.84. The first kappa shape index (κ1) is 16.1. The molecule has 0 aromatic rings. The van der Waals surface area contributed by atoms with Crippen LogP contribution < -0.4 is 34.7 Å². The molecule has 0 aliphatic heterocycles. The molecule has 0 amide bonds. The van der Waals surface area contributed by atoms with E-state index < -0.39 is 12.1 Å². The first-order valence-electron chi connectivity index (χ1n) is 1.53. The van der Waals surface area contributed by atoms with E-state index in [0.29, 0.717) is 0 Å². The SMILES string of the molecule is CC(O)C(=O)[O-].[Na+].[Zr+4]. The van der Waals surface area contributed by atoms with Crippen molar-refractivity contribution in [1.29, 1.82) is 0 Å². The number of aliphatic hydroxyl groups is 1. The molecule has 1 atom stereocenters. The standard InChI is InChI=1S/C3H6O3.Na.Zr/c1-2(4)3(5)6;;/h2,4H,1H3,(H,5,6);;/q;+1;+4/p-1. The van der Waals surface area contributed by atoms with Crippen LogP contribution in [0.3, 0.4) is 0 Å². The quantitative estimate of drug-likeness (QED) is 0.435. The molecule has 0 aromatic heterocycles. The molecule has 0 bridgehead atoms. The van der Waals surface area contributed by atoms with Gasteiger partial charge in [0.2, 0.25) is 0 Å². The van der Waals surface area contributed by atoms with Crippen LogP contribution in [0, 0.1) is 0 Å². The first-order chi connectivity index (χ1) is 2.64. The van der Waals surface area contributed by atoms with E-state index in [4.69, 9.17) is 5.11 Å². The van der Waals surface area contributed by atoms with Gasteiger partial charge in [-0.1, -0.05) is 0 Å². The van der Waals surface area contributed by atoms with Gasteiger partial charge in [-0.3, -0.25) is 0 Å². The van der Waals surface area contributed by atoms with Gasteiger partial charge in [0.25, 0.3) is 0 Å². The summed E-state index contributed by atoms with van der Waals surface area (Å²) in [5, 5.41) is 17.3. The smallest absolute Gasteiger partial charge is 0.547 e. The summed E-state index contributed by atoms with van der Waals surface area (Å²) in [5.74, 6) is -1.44. The fraction of sp³-hybridized carbons (Fsp3) is 0.667. The number of hydrogen-bond donors (Lipinski definition) is 1. The van der Waals surface area contributed by atoms with Crippen LogP contribution in [0.1, 0.15) is 6.92 Å². The minimum atomic E-state index is -1.44. The molecule has 0 aliphatic carbocycles. The molecule has 3 nitrogen and oxygen atoms in total. The Balaban J connectivity index is -0.000000125. The molecular weight excluding hydrogens is 198 g/mol. The van der Waals surface area contributed by atoms with Crippen molar-refractivity contribution in [1.82, 2.24) is 0 Å². The first-order valence-corrected chi connectivity index (χ1v) is 1.53. The molecule has 0 saturated carbocycles. The molecule has 0 rings (SSSR count). The summed E-state index contributed by atoms with van der Waals surface area (Å²) < 4.78 is 0. The van der Waals surface area contributed by atoms with Gasteiger partial charge >= 0.3 is 55.8 Å². The monoisotopic (exact) mass is 202 g/mol. The summed E-state index contributed by atoms with van der Waals surface area (Å²) in [7, 11) is 0. The van der Waals surface area contributed by atoms with Gasteiger partial charge in [-0.2, -0.15) is 0 Å². The summed E-state index contributed by atoms with van der Waals surface area (Å²) in [6.45, 7) is 1.13. The molecule has 0 saturated heterocycles. The third kappa shape index (κ3) is 10.3. The fourth-order valence-electron chi connectivity index (χ4n) is 0. The van der Waals surface area contributed by atoms with Crippen molar-refractivity contribution in [3.05, 3.63) is 0 Å². The van der Waals surface area contributed by atoms with E-state index in [1.807, 2.05) is 0 Å². The summed E-state index contributed by atoms with van der Waals surface area (Å²) >= 11 is 0. The van der Waals surface area contributed by atoms with E-state index in [-0.39, 0.29) is 55.8 Å². The van der Waals surface area contributed by atoms with Gasteiger partial charge in [-0.05, 0) is 6.92 Å². The Morgan fingerprint density at radius 1 is 1.75 bits per heavy atom. The Bertz CT molecular complexity index is 65.5. The van der Waals surface area contributed by atoms with Crippen molar-refractivity contribution >= 4 is 5.97 Å². The maximum absolute atomic E-state index is 9.34. The largest absolute Gasteiger partial charge is 4.00 e. The van der Waals surface area contributed by atoms with Crippen molar-refractivity contribution < 1.29 is 70.8 Å². The van der Waals surface area contributed by atoms with Gasteiger partial charge in [0.1, 0.15) is 0 Å². The van der Waals surface area contributed by atoms with Crippen LogP contribution in [0.4, 0.5) is 0 Å². The van der Waals surface area contributed by atoms with E-state index in [0.717, 1.165) is 6.92 Å². The van der Waals surface area contributed by atoms with Crippen LogP contribution >= 0.6 is 0 Å². The topological polar surface area (TPSA) is 60.4 Å². The van der Waals surface area contributed by atoms with Gasteiger partial charge in [0, 0.05) is 0 Å². The van der Waals surface area contributed by atoms with Crippen LogP contribution in [-0.4, -0.2) is 17.2 Å². The molecule has 5 heteroatoms. The summed E-state index contributed by atoms with van der Waals surface area (Å²) in [6, 6.07) is 0. The van der Waals surface area contributed by atoms with Crippen LogP contribution in [-0.2, 0) is 31.0 Å². The number of carbonyl (C=O) groups is 1. The number of rotatable bonds is 1. The van der Waals surface area contributed by atoms with Crippen LogP contribution in [0.5, 0.6) is 0 Å². The van der Waals surface area contributed by atoms with Crippen molar-refractivity contribution in [2.24, 2.45) is 0 Å². The molecule has 0 radical (unpaired) electrons. The van der Waals surface area contributed by atoms with Gasteiger partial charge in [0.05, 0.1) is 12.1 Å². The number of carboxylic acids is 1. The van der Waals surface area contributed by atoms with Crippen LogP contribution in [0.15, 0.2) is 0 Å². The normalized spacial score (nSPS) is 10.2. The molecule has 36 valence electrons. The Hall–Kier alpha value is 1.31. The van der Waals surface area contributed by atoms with E-state index in [9.17, 15) is 9.90 Å². The second-order valence-corrected chi connectivity index (χ2v) is 0.995. The summed E-state index contributed by atoms with van der Waals surface area (Å²) in [5.41, 5.74) is 0. The Kier molecular flexibility index (Phi) is 16.8. The summed E-state index contributed by atoms with van der Waals surface area (Å²) in [4.78, 5) is 9.34. The van der Waals surface area contributed by atoms with E-state index in [1.54, 1.807) is 0 Å². The molecule has 0 aromatic carbocycles. The Morgan fingerprint density at radius 2 is 1.88 bits per heavy atom. The van der Waals surface area contributed by atoms with Crippen molar-refractivity contribution in [3.8, 4) is 0 Å². The molecule has 1 unspecified atom stereocenters. The minimum Gasteiger partial charge on any atom is -0.547 e. The molecule has 0 fully saturated rings. The second kappa shape index (κ2) is 8.31. The average molecular weight is 203 g/mol. The Labute approximate surface area is 88.9 Å². The predicted molar refractivity (Wildman–Crippen MR) is 16.7 cm³/mol. The van der Waals surface area contributed by atoms with Crippen molar-refractivity contribution in [2.45, 2.75) is 13.0 Å². The van der Waals surface area contributed by atoms with Gasteiger partial charge < -0.3 is 15.0 Å². The zero-order valence-corrected chi connectivity index (χ0v) is 9.30.